The molecular formula is C21H23NO5. The van der Waals surface area contributed by atoms with E-state index in [1.165, 1.54) is 13.2 Å². The van der Waals surface area contributed by atoms with Gasteiger partial charge in [-0.2, -0.15) is 0 Å². The lowest BCUT2D eigenvalue weighted by molar-refractivity contribution is -0.144. The van der Waals surface area contributed by atoms with Crippen LogP contribution in [0.2, 0.25) is 0 Å². The Balaban J connectivity index is 2.07. The first-order chi connectivity index (χ1) is 13.1. The second-order valence-corrected chi connectivity index (χ2v) is 5.71. The molecule has 2 rings (SSSR count). The van der Waals surface area contributed by atoms with E-state index in [0.717, 1.165) is 16.9 Å². The Bertz CT molecular complexity index is 798. The van der Waals surface area contributed by atoms with Crippen LogP contribution in [0.1, 0.15) is 11.1 Å². The molecule has 2 aromatic carbocycles. The lowest BCUT2D eigenvalue weighted by Crippen LogP contribution is -2.42. The number of esters is 1. The number of ether oxygens (including phenoxy) is 3. The van der Waals surface area contributed by atoms with Gasteiger partial charge in [0, 0.05) is 18.1 Å². The highest BCUT2D eigenvalue weighted by Gasteiger charge is 2.21. The molecule has 0 spiro atoms. The summed E-state index contributed by atoms with van der Waals surface area (Å²) < 4.78 is 15.2. The maximum atomic E-state index is 12.3. The van der Waals surface area contributed by atoms with Gasteiger partial charge >= 0.3 is 5.97 Å². The fourth-order valence-electron chi connectivity index (χ4n) is 2.52. The number of amides is 1. The molecule has 2 aromatic rings. The number of para-hydroxylation sites is 1. The van der Waals surface area contributed by atoms with Gasteiger partial charge in [0.25, 0.3) is 0 Å². The van der Waals surface area contributed by atoms with Crippen LogP contribution >= 0.6 is 0 Å². The van der Waals surface area contributed by atoms with E-state index >= 15 is 0 Å². The van der Waals surface area contributed by atoms with Crippen LogP contribution in [0.15, 0.2) is 54.6 Å². The van der Waals surface area contributed by atoms with Crippen molar-refractivity contribution in [2.45, 2.75) is 12.5 Å². The molecule has 0 saturated heterocycles. The van der Waals surface area contributed by atoms with Gasteiger partial charge in [0.05, 0.1) is 21.3 Å². The van der Waals surface area contributed by atoms with Gasteiger partial charge in [-0.25, -0.2) is 4.79 Å². The third-order valence-electron chi connectivity index (χ3n) is 3.95. The predicted molar refractivity (Wildman–Crippen MR) is 103 cm³/mol. The van der Waals surface area contributed by atoms with E-state index in [2.05, 4.69) is 5.32 Å². The lowest BCUT2D eigenvalue weighted by atomic mass is 10.1. The number of methoxy groups -OCH3 is 3. The zero-order valence-corrected chi connectivity index (χ0v) is 15.6. The maximum Gasteiger partial charge on any atom is 0.328 e. The number of carbonyl (C=O) groups is 2. The second-order valence-electron chi connectivity index (χ2n) is 5.71. The van der Waals surface area contributed by atoms with E-state index in [-0.39, 0.29) is 0 Å². The van der Waals surface area contributed by atoms with Gasteiger partial charge in [-0.15, -0.1) is 0 Å². The number of nitrogens with one attached hydrogen (secondary N) is 1. The molecule has 6 heteroatoms. The van der Waals surface area contributed by atoms with Gasteiger partial charge < -0.3 is 19.5 Å². The molecule has 0 aliphatic carbocycles. The highest BCUT2D eigenvalue weighted by atomic mass is 16.5. The Morgan fingerprint density at radius 3 is 2.33 bits per heavy atom. The van der Waals surface area contributed by atoms with Crippen molar-refractivity contribution in [2.75, 3.05) is 21.3 Å². The Labute approximate surface area is 158 Å². The van der Waals surface area contributed by atoms with Crippen molar-refractivity contribution < 1.29 is 23.8 Å². The first kappa shape index (κ1) is 20.0. The molecule has 27 heavy (non-hydrogen) atoms. The van der Waals surface area contributed by atoms with Crippen LogP contribution in [-0.4, -0.2) is 39.2 Å². The van der Waals surface area contributed by atoms with Gasteiger partial charge in [-0.1, -0.05) is 30.3 Å². The Hall–Kier alpha value is -3.28. The Morgan fingerprint density at radius 2 is 1.70 bits per heavy atom. The molecule has 1 atom stereocenters. The van der Waals surface area contributed by atoms with Gasteiger partial charge in [0.1, 0.15) is 17.5 Å². The molecule has 0 unspecified atom stereocenters. The number of hydrogen-bond acceptors (Lipinski definition) is 5. The Kier molecular flexibility index (Phi) is 7.43. The first-order valence-electron chi connectivity index (χ1n) is 8.39. The normalized spacial score (nSPS) is 11.7. The van der Waals surface area contributed by atoms with E-state index in [9.17, 15) is 9.59 Å². The van der Waals surface area contributed by atoms with Crippen molar-refractivity contribution in [1.82, 2.24) is 5.32 Å². The highest BCUT2D eigenvalue weighted by Crippen LogP contribution is 2.18. The summed E-state index contributed by atoms with van der Waals surface area (Å²) in [5.74, 6) is 0.469. The van der Waals surface area contributed by atoms with Crippen LogP contribution in [0.3, 0.4) is 0 Å². The summed E-state index contributed by atoms with van der Waals surface area (Å²) in [4.78, 5) is 24.3. The lowest BCUT2D eigenvalue weighted by Gasteiger charge is -2.16. The molecule has 0 saturated carbocycles. The third kappa shape index (κ3) is 5.88. The fourth-order valence-corrected chi connectivity index (χ4v) is 2.52. The van der Waals surface area contributed by atoms with Crippen molar-refractivity contribution in [3.8, 4) is 11.5 Å². The van der Waals surface area contributed by atoms with E-state index < -0.39 is 17.9 Å². The van der Waals surface area contributed by atoms with E-state index in [1.54, 1.807) is 38.5 Å². The average Bonchev–Trinajstić information content (AvgIpc) is 2.71. The standard InChI is InChI=1S/C21H23NO5/c1-25-17-11-8-15(9-12-17)14-18(21(24)27-3)22-20(23)13-10-16-6-4-5-7-19(16)26-2/h4-13,18H,14H2,1-3H3,(H,22,23)/b13-10+/t18-/m0/s1. The SMILES string of the molecule is COC(=O)[C@H](Cc1ccc(OC)cc1)NC(=O)/C=C/c1ccccc1OC. The van der Waals surface area contributed by atoms with Crippen molar-refractivity contribution in [2.24, 2.45) is 0 Å². The summed E-state index contributed by atoms with van der Waals surface area (Å²) in [5.41, 5.74) is 1.64. The van der Waals surface area contributed by atoms with Crippen LogP contribution in [0.5, 0.6) is 11.5 Å². The molecule has 0 aliphatic heterocycles. The minimum Gasteiger partial charge on any atom is -0.497 e. The summed E-state index contributed by atoms with van der Waals surface area (Å²) >= 11 is 0. The zero-order valence-electron chi connectivity index (χ0n) is 15.6. The van der Waals surface area contributed by atoms with Crippen LogP contribution in [-0.2, 0) is 20.7 Å². The van der Waals surface area contributed by atoms with Gasteiger partial charge in [0.2, 0.25) is 5.91 Å². The van der Waals surface area contributed by atoms with Crippen LogP contribution in [0.25, 0.3) is 6.08 Å². The van der Waals surface area contributed by atoms with Crippen molar-refractivity contribution in [3.63, 3.8) is 0 Å². The molecular weight excluding hydrogens is 346 g/mol. The van der Waals surface area contributed by atoms with E-state index in [4.69, 9.17) is 14.2 Å². The minimum atomic E-state index is -0.793. The molecule has 0 aliphatic rings. The van der Waals surface area contributed by atoms with E-state index in [0.29, 0.717) is 12.2 Å². The molecule has 0 fully saturated rings. The molecule has 0 bridgehead atoms. The summed E-state index contributed by atoms with van der Waals surface area (Å²) in [6, 6.07) is 13.8. The average molecular weight is 369 g/mol. The molecule has 0 radical (unpaired) electrons. The fraction of sp³-hybridized carbons (Fsp3) is 0.238. The van der Waals surface area contributed by atoms with Gasteiger partial charge in [-0.3, -0.25) is 4.79 Å². The smallest absolute Gasteiger partial charge is 0.328 e. The van der Waals surface area contributed by atoms with Gasteiger partial charge in [0.15, 0.2) is 0 Å². The highest BCUT2D eigenvalue weighted by molar-refractivity contribution is 5.95. The summed E-state index contributed by atoms with van der Waals surface area (Å²) in [5, 5.41) is 2.68. The van der Waals surface area contributed by atoms with Crippen molar-refractivity contribution >= 4 is 18.0 Å². The predicted octanol–water partition coefficient (Wildman–Crippen LogP) is 2.62. The molecule has 0 aromatic heterocycles. The molecule has 0 heterocycles. The van der Waals surface area contributed by atoms with E-state index in [1.807, 2.05) is 30.3 Å². The van der Waals surface area contributed by atoms with Crippen LogP contribution < -0.4 is 14.8 Å². The van der Waals surface area contributed by atoms with Crippen molar-refractivity contribution in [1.29, 1.82) is 0 Å². The molecule has 142 valence electrons. The second kappa shape index (κ2) is 10.0. The summed E-state index contributed by atoms with van der Waals surface area (Å²) in [6.45, 7) is 0. The van der Waals surface area contributed by atoms with Crippen molar-refractivity contribution in [3.05, 3.63) is 65.7 Å². The van der Waals surface area contributed by atoms with Crippen LogP contribution in [0.4, 0.5) is 0 Å². The number of hydrogen-bond donors (Lipinski definition) is 1. The molecule has 6 nitrogen and oxygen atoms in total. The Morgan fingerprint density at radius 1 is 1.00 bits per heavy atom. The first-order valence-corrected chi connectivity index (χ1v) is 8.39. The summed E-state index contributed by atoms with van der Waals surface area (Å²) in [7, 11) is 4.44. The van der Waals surface area contributed by atoms with Gasteiger partial charge in [-0.05, 0) is 29.8 Å². The quantitative estimate of drug-likeness (QED) is 0.572. The molecule has 1 amide bonds. The largest absolute Gasteiger partial charge is 0.497 e. The summed E-state index contributed by atoms with van der Waals surface area (Å²) in [6.07, 6.45) is 3.31. The third-order valence-corrected chi connectivity index (χ3v) is 3.95. The maximum absolute atomic E-state index is 12.3. The number of carbonyl (C=O) groups excluding carboxylic acids is 2. The molecule has 1 N–H and O–H groups in total. The zero-order chi connectivity index (χ0) is 19.6. The number of rotatable bonds is 8. The number of benzene rings is 2. The van der Waals surface area contributed by atoms with Crippen LogP contribution in [0, 0.1) is 0 Å². The topological polar surface area (TPSA) is 73.9 Å². The minimum absolute atomic E-state index is 0.310. The monoisotopic (exact) mass is 369 g/mol.